The van der Waals surface area contributed by atoms with Crippen LogP contribution in [0, 0.1) is 5.82 Å². The largest absolute Gasteiger partial charge is 0.440 e. The molecule has 7 heteroatoms. The molecule has 0 saturated heterocycles. The van der Waals surface area contributed by atoms with Gasteiger partial charge in [0, 0.05) is 36.6 Å². The molecule has 0 aliphatic rings. The van der Waals surface area contributed by atoms with Crippen molar-refractivity contribution in [3.63, 3.8) is 0 Å². The Labute approximate surface area is 190 Å². The van der Waals surface area contributed by atoms with E-state index in [1.165, 1.54) is 25.1 Å². The molecule has 1 heterocycles. The van der Waals surface area contributed by atoms with E-state index < -0.39 is 11.7 Å². The van der Waals surface area contributed by atoms with E-state index in [1.54, 1.807) is 0 Å². The minimum absolute atomic E-state index is 0.00592. The van der Waals surface area contributed by atoms with Crippen molar-refractivity contribution in [2.24, 2.45) is 0 Å². The van der Waals surface area contributed by atoms with Gasteiger partial charge in [-0.2, -0.15) is 0 Å². The van der Waals surface area contributed by atoms with Gasteiger partial charge in [-0.05, 0) is 18.2 Å². The standard InChI is InChI=1S/C26H22FN3O3/c1-17(31)28-20-12-13-21(27)22(16-20)29-23(32)14-15-24-30-25(18-8-4-2-5-9-18)26(33-24)19-10-6-3-7-11-19/h2-13,16H,14-15H2,1H3,(H,28,31)(H,29,32). The van der Waals surface area contributed by atoms with E-state index in [-0.39, 0.29) is 24.4 Å². The van der Waals surface area contributed by atoms with Crippen molar-refractivity contribution >= 4 is 23.2 Å². The molecule has 0 aliphatic heterocycles. The van der Waals surface area contributed by atoms with Crippen molar-refractivity contribution in [2.45, 2.75) is 19.8 Å². The number of hydrogen-bond donors (Lipinski definition) is 2. The number of carbonyl (C=O) groups is 2. The summed E-state index contributed by atoms with van der Waals surface area (Å²) in [6.45, 7) is 1.35. The van der Waals surface area contributed by atoms with Gasteiger partial charge < -0.3 is 15.1 Å². The number of anilines is 2. The Balaban J connectivity index is 1.50. The molecule has 6 nitrogen and oxygen atoms in total. The summed E-state index contributed by atoms with van der Waals surface area (Å²) < 4.78 is 20.1. The summed E-state index contributed by atoms with van der Waals surface area (Å²) in [4.78, 5) is 28.3. The fourth-order valence-corrected chi connectivity index (χ4v) is 3.38. The Morgan fingerprint density at radius 3 is 2.24 bits per heavy atom. The summed E-state index contributed by atoms with van der Waals surface area (Å²) in [5, 5.41) is 5.11. The SMILES string of the molecule is CC(=O)Nc1ccc(F)c(NC(=O)CCc2nc(-c3ccccc3)c(-c3ccccc3)o2)c1. The van der Waals surface area contributed by atoms with Gasteiger partial charge in [-0.3, -0.25) is 9.59 Å². The quantitative estimate of drug-likeness (QED) is 0.385. The molecule has 166 valence electrons. The van der Waals surface area contributed by atoms with Crippen LogP contribution in [0.1, 0.15) is 19.2 Å². The third kappa shape index (κ3) is 5.51. The van der Waals surface area contributed by atoms with Gasteiger partial charge in [0.1, 0.15) is 11.5 Å². The van der Waals surface area contributed by atoms with Gasteiger partial charge in [-0.15, -0.1) is 0 Å². The smallest absolute Gasteiger partial charge is 0.224 e. The Morgan fingerprint density at radius 1 is 0.909 bits per heavy atom. The molecule has 0 saturated carbocycles. The predicted octanol–water partition coefficient (Wildman–Crippen LogP) is 5.68. The summed E-state index contributed by atoms with van der Waals surface area (Å²) in [5.74, 6) is -0.228. The normalized spacial score (nSPS) is 10.6. The summed E-state index contributed by atoms with van der Waals surface area (Å²) in [7, 11) is 0. The van der Waals surface area contributed by atoms with E-state index >= 15 is 0 Å². The van der Waals surface area contributed by atoms with E-state index in [4.69, 9.17) is 4.42 Å². The summed E-state index contributed by atoms with van der Waals surface area (Å²) in [6, 6.07) is 23.3. The molecule has 0 radical (unpaired) electrons. The first-order valence-electron chi connectivity index (χ1n) is 10.5. The number of rotatable bonds is 7. The Kier molecular flexibility index (Phi) is 6.59. The number of halogens is 1. The number of nitrogens with zero attached hydrogens (tertiary/aromatic N) is 1. The molecular weight excluding hydrogens is 421 g/mol. The molecule has 33 heavy (non-hydrogen) atoms. The number of aromatic nitrogens is 1. The molecule has 2 N–H and O–H groups in total. The van der Waals surface area contributed by atoms with E-state index in [0.29, 0.717) is 23.0 Å². The highest BCUT2D eigenvalue weighted by Crippen LogP contribution is 2.33. The predicted molar refractivity (Wildman–Crippen MR) is 125 cm³/mol. The lowest BCUT2D eigenvalue weighted by atomic mass is 10.1. The van der Waals surface area contributed by atoms with E-state index in [0.717, 1.165) is 11.1 Å². The molecule has 0 bridgehead atoms. The number of benzene rings is 3. The monoisotopic (exact) mass is 443 g/mol. The molecule has 4 aromatic rings. The maximum Gasteiger partial charge on any atom is 0.224 e. The highest BCUT2D eigenvalue weighted by molar-refractivity contribution is 5.93. The van der Waals surface area contributed by atoms with Crippen molar-refractivity contribution in [3.8, 4) is 22.6 Å². The summed E-state index contributed by atoms with van der Waals surface area (Å²) in [5.41, 5.74) is 2.89. The number of hydrogen-bond acceptors (Lipinski definition) is 4. The molecule has 0 spiro atoms. The van der Waals surface area contributed by atoms with Crippen LogP contribution in [0.2, 0.25) is 0 Å². The first-order chi connectivity index (χ1) is 16.0. The van der Waals surface area contributed by atoms with Crippen molar-refractivity contribution < 1.29 is 18.4 Å². The van der Waals surface area contributed by atoms with Crippen LogP contribution >= 0.6 is 0 Å². The average molecular weight is 443 g/mol. The van der Waals surface area contributed by atoms with Crippen LogP contribution in [0.3, 0.4) is 0 Å². The maximum absolute atomic E-state index is 14.1. The second-order valence-corrected chi connectivity index (χ2v) is 7.44. The van der Waals surface area contributed by atoms with Crippen molar-refractivity contribution in [2.75, 3.05) is 10.6 Å². The first-order valence-corrected chi connectivity index (χ1v) is 10.5. The Hall–Kier alpha value is -4.26. The molecule has 0 unspecified atom stereocenters. The highest BCUT2D eigenvalue weighted by atomic mass is 19.1. The molecule has 1 aromatic heterocycles. The second-order valence-electron chi connectivity index (χ2n) is 7.44. The highest BCUT2D eigenvalue weighted by Gasteiger charge is 2.18. The zero-order valence-corrected chi connectivity index (χ0v) is 18.0. The third-order valence-corrected chi connectivity index (χ3v) is 4.88. The maximum atomic E-state index is 14.1. The zero-order valence-electron chi connectivity index (χ0n) is 18.0. The van der Waals surface area contributed by atoms with Crippen molar-refractivity contribution in [1.82, 2.24) is 4.98 Å². The number of carbonyl (C=O) groups excluding carboxylic acids is 2. The van der Waals surface area contributed by atoms with Gasteiger partial charge in [-0.25, -0.2) is 9.37 Å². The summed E-state index contributed by atoms with van der Waals surface area (Å²) in [6.07, 6.45) is 0.290. The van der Waals surface area contributed by atoms with Gasteiger partial charge in [0.2, 0.25) is 11.8 Å². The van der Waals surface area contributed by atoms with Crippen LogP contribution in [0.25, 0.3) is 22.6 Å². The second kappa shape index (κ2) is 9.91. The summed E-state index contributed by atoms with van der Waals surface area (Å²) >= 11 is 0. The molecule has 0 atom stereocenters. The molecule has 3 aromatic carbocycles. The lowest BCUT2D eigenvalue weighted by Gasteiger charge is -2.08. The van der Waals surface area contributed by atoms with Gasteiger partial charge in [0.25, 0.3) is 0 Å². The van der Waals surface area contributed by atoms with Crippen molar-refractivity contribution in [1.29, 1.82) is 0 Å². The van der Waals surface area contributed by atoms with Gasteiger partial charge in [-0.1, -0.05) is 60.7 Å². The minimum atomic E-state index is -0.591. The van der Waals surface area contributed by atoms with Gasteiger partial charge >= 0.3 is 0 Å². The molecule has 0 fully saturated rings. The average Bonchev–Trinajstić information content (AvgIpc) is 3.25. The van der Waals surface area contributed by atoms with Crippen LogP contribution < -0.4 is 10.6 Å². The number of amides is 2. The van der Waals surface area contributed by atoms with Crippen LogP contribution in [0.15, 0.2) is 83.3 Å². The lowest BCUT2D eigenvalue weighted by Crippen LogP contribution is -2.14. The molecule has 2 amide bonds. The Morgan fingerprint density at radius 2 is 1.58 bits per heavy atom. The van der Waals surface area contributed by atoms with Crippen LogP contribution in [-0.2, 0) is 16.0 Å². The van der Waals surface area contributed by atoms with E-state index in [9.17, 15) is 14.0 Å². The topological polar surface area (TPSA) is 84.2 Å². The van der Waals surface area contributed by atoms with Crippen LogP contribution in [0.5, 0.6) is 0 Å². The van der Waals surface area contributed by atoms with E-state index in [2.05, 4.69) is 15.6 Å². The van der Waals surface area contributed by atoms with Crippen LogP contribution in [-0.4, -0.2) is 16.8 Å². The fourth-order valence-electron chi connectivity index (χ4n) is 3.38. The Bertz CT molecular complexity index is 1210. The number of oxazole rings is 1. The van der Waals surface area contributed by atoms with Gasteiger partial charge in [0.15, 0.2) is 11.7 Å². The van der Waals surface area contributed by atoms with E-state index in [1.807, 2.05) is 60.7 Å². The zero-order chi connectivity index (χ0) is 23.2. The molecule has 4 rings (SSSR count). The molecule has 0 aliphatic carbocycles. The minimum Gasteiger partial charge on any atom is -0.440 e. The lowest BCUT2D eigenvalue weighted by molar-refractivity contribution is -0.116. The van der Waals surface area contributed by atoms with Gasteiger partial charge in [0.05, 0.1) is 5.69 Å². The number of aryl methyl sites for hydroxylation is 1. The van der Waals surface area contributed by atoms with Crippen molar-refractivity contribution in [3.05, 3.63) is 90.6 Å². The molecular formula is C26H22FN3O3. The number of nitrogens with one attached hydrogen (secondary N) is 2. The van der Waals surface area contributed by atoms with Crippen LogP contribution in [0.4, 0.5) is 15.8 Å². The fraction of sp³-hybridized carbons (Fsp3) is 0.115. The third-order valence-electron chi connectivity index (χ3n) is 4.88. The first kappa shape index (κ1) is 22.0.